The van der Waals surface area contributed by atoms with E-state index in [4.69, 9.17) is 25.5 Å². The first-order valence-corrected chi connectivity index (χ1v) is 9.64. The topological polar surface area (TPSA) is 94.8 Å². The highest BCUT2D eigenvalue weighted by Crippen LogP contribution is 2.27. The molecule has 1 N–H and O–H groups in total. The molecular formula is C22H20ClNO6. The van der Waals surface area contributed by atoms with Gasteiger partial charge in [-0.05, 0) is 30.7 Å². The van der Waals surface area contributed by atoms with Crippen LogP contribution in [0.15, 0.2) is 57.7 Å². The fraction of sp³-hybridized carbons (Fsp3) is 0.227. The summed E-state index contributed by atoms with van der Waals surface area (Å²) in [6.07, 6.45) is -0.143. The van der Waals surface area contributed by atoms with E-state index in [2.05, 4.69) is 5.32 Å². The summed E-state index contributed by atoms with van der Waals surface area (Å²) in [7, 11) is 1.46. The molecule has 1 amide bonds. The SMILES string of the molecule is CCOC(=O)C[C@@H](NC(=O)c1cc2cccc(OC)c2oc1=O)c1ccccc1Cl. The summed E-state index contributed by atoms with van der Waals surface area (Å²) in [6.45, 7) is 1.90. The highest BCUT2D eigenvalue weighted by atomic mass is 35.5. The summed E-state index contributed by atoms with van der Waals surface area (Å²) < 4.78 is 15.5. The summed E-state index contributed by atoms with van der Waals surface area (Å²) in [5, 5.41) is 3.60. The zero-order valence-corrected chi connectivity index (χ0v) is 17.2. The Balaban J connectivity index is 1.95. The minimum absolute atomic E-state index is 0.143. The maximum atomic E-state index is 12.9. The summed E-state index contributed by atoms with van der Waals surface area (Å²) >= 11 is 6.25. The van der Waals surface area contributed by atoms with Crippen molar-refractivity contribution in [2.45, 2.75) is 19.4 Å². The molecule has 156 valence electrons. The van der Waals surface area contributed by atoms with Gasteiger partial charge >= 0.3 is 11.6 Å². The Morgan fingerprint density at radius 3 is 2.63 bits per heavy atom. The van der Waals surface area contributed by atoms with Crippen LogP contribution < -0.4 is 15.7 Å². The minimum Gasteiger partial charge on any atom is -0.493 e. The summed E-state index contributed by atoms with van der Waals surface area (Å²) in [6, 6.07) is 12.5. The van der Waals surface area contributed by atoms with Crippen LogP contribution in [-0.4, -0.2) is 25.6 Å². The number of hydrogen-bond acceptors (Lipinski definition) is 6. The van der Waals surface area contributed by atoms with Gasteiger partial charge in [0.15, 0.2) is 11.3 Å². The van der Waals surface area contributed by atoms with Crippen molar-refractivity contribution in [3.05, 3.63) is 75.1 Å². The van der Waals surface area contributed by atoms with Gasteiger partial charge in [-0.25, -0.2) is 4.79 Å². The molecule has 3 aromatic rings. The third-order valence-electron chi connectivity index (χ3n) is 4.45. The molecule has 0 radical (unpaired) electrons. The van der Waals surface area contributed by atoms with Gasteiger partial charge in [0.1, 0.15) is 5.56 Å². The Hall–Kier alpha value is -3.32. The van der Waals surface area contributed by atoms with Crippen molar-refractivity contribution in [3.8, 4) is 5.75 Å². The van der Waals surface area contributed by atoms with E-state index in [1.54, 1.807) is 49.4 Å². The van der Waals surface area contributed by atoms with Crippen molar-refractivity contribution in [3.63, 3.8) is 0 Å². The first-order valence-electron chi connectivity index (χ1n) is 9.26. The fourth-order valence-electron chi connectivity index (χ4n) is 3.06. The molecule has 0 unspecified atom stereocenters. The number of nitrogens with one attached hydrogen (secondary N) is 1. The molecule has 0 fully saturated rings. The molecule has 1 aromatic heterocycles. The second-order valence-corrected chi connectivity index (χ2v) is 6.79. The van der Waals surface area contributed by atoms with Crippen LogP contribution in [0.25, 0.3) is 11.0 Å². The fourth-order valence-corrected chi connectivity index (χ4v) is 3.32. The zero-order valence-electron chi connectivity index (χ0n) is 16.4. The number of benzene rings is 2. The van der Waals surface area contributed by atoms with E-state index >= 15 is 0 Å². The van der Waals surface area contributed by atoms with Gasteiger partial charge in [-0.1, -0.05) is 41.9 Å². The van der Waals surface area contributed by atoms with Gasteiger partial charge in [-0.2, -0.15) is 0 Å². The average molecular weight is 430 g/mol. The van der Waals surface area contributed by atoms with Gasteiger partial charge in [-0.15, -0.1) is 0 Å². The van der Waals surface area contributed by atoms with Crippen molar-refractivity contribution in [1.29, 1.82) is 0 Å². The highest BCUT2D eigenvalue weighted by Gasteiger charge is 2.24. The van der Waals surface area contributed by atoms with Crippen LogP contribution in [0.4, 0.5) is 0 Å². The Bertz CT molecular complexity index is 1140. The monoisotopic (exact) mass is 429 g/mol. The van der Waals surface area contributed by atoms with Crippen molar-refractivity contribution >= 4 is 34.4 Å². The normalized spacial score (nSPS) is 11.7. The predicted octanol–water partition coefficient (Wildman–Crippen LogP) is 3.88. The molecule has 2 aromatic carbocycles. The van der Waals surface area contributed by atoms with E-state index in [1.165, 1.54) is 13.2 Å². The number of hydrogen-bond donors (Lipinski definition) is 1. The van der Waals surface area contributed by atoms with Crippen LogP contribution in [-0.2, 0) is 9.53 Å². The second-order valence-electron chi connectivity index (χ2n) is 6.38. The standard InChI is InChI=1S/C22H20ClNO6/c1-3-29-19(25)12-17(14-8-4-5-9-16(14)23)24-21(26)15-11-13-7-6-10-18(28-2)20(13)30-22(15)27/h4-11,17H,3,12H2,1-2H3,(H,24,26)/t17-/m1/s1. The van der Waals surface area contributed by atoms with E-state index in [1.807, 2.05) is 0 Å². The Kier molecular flexibility index (Phi) is 6.74. The molecule has 3 rings (SSSR count). The molecule has 30 heavy (non-hydrogen) atoms. The third kappa shape index (κ3) is 4.63. The number of carbonyl (C=O) groups excluding carboxylic acids is 2. The van der Waals surface area contributed by atoms with Gasteiger partial charge in [0, 0.05) is 10.4 Å². The number of fused-ring (bicyclic) bond motifs is 1. The van der Waals surface area contributed by atoms with Crippen molar-refractivity contribution in [2.24, 2.45) is 0 Å². The molecule has 0 saturated heterocycles. The molecule has 0 saturated carbocycles. The van der Waals surface area contributed by atoms with E-state index in [0.717, 1.165) is 0 Å². The maximum absolute atomic E-state index is 12.9. The van der Waals surface area contributed by atoms with E-state index < -0.39 is 23.5 Å². The molecule has 1 atom stereocenters. The van der Waals surface area contributed by atoms with E-state index in [9.17, 15) is 14.4 Å². The lowest BCUT2D eigenvalue weighted by molar-refractivity contribution is -0.143. The van der Waals surface area contributed by atoms with Crippen LogP contribution in [0.1, 0.15) is 35.3 Å². The zero-order chi connectivity index (χ0) is 21.7. The Labute approximate surface area is 177 Å². The molecule has 0 spiro atoms. The summed E-state index contributed by atoms with van der Waals surface area (Å²) in [5.74, 6) is -0.812. The lowest BCUT2D eigenvalue weighted by Gasteiger charge is -2.19. The quantitative estimate of drug-likeness (QED) is 0.452. The van der Waals surface area contributed by atoms with Crippen molar-refractivity contribution in [2.75, 3.05) is 13.7 Å². The van der Waals surface area contributed by atoms with Crippen molar-refractivity contribution in [1.82, 2.24) is 5.32 Å². The number of carbonyl (C=O) groups is 2. The van der Waals surface area contributed by atoms with Gasteiger partial charge in [0.05, 0.1) is 26.2 Å². The lowest BCUT2D eigenvalue weighted by atomic mass is 10.0. The largest absolute Gasteiger partial charge is 0.493 e. The summed E-state index contributed by atoms with van der Waals surface area (Å²) in [4.78, 5) is 37.4. The van der Waals surface area contributed by atoms with E-state index in [-0.39, 0.29) is 24.2 Å². The predicted molar refractivity (Wildman–Crippen MR) is 112 cm³/mol. The first kappa shape index (κ1) is 21.4. The molecule has 0 aliphatic carbocycles. The maximum Gasteiger partial charge on any atom is 0.349 e. The van der Waals surface area contributed by atoms with Crippen LogP contribution in [0.3, 0.4) is 0 Å². The molecule has 8 heteroatoms. The smallest absolute Gasteiger partial charge is 0.349 e. The number of rotatable bonds is 7. The van der Waals surface area contributed by atoms with Crippen LogP contribution in [0.5, 0.6) is 5.75 Å². The van der Waals surface area contributed by atoms with Crippen LogP contribution in [0, 0.1) is 0 Å². The summed E-state index contributed by atoms with van der Waals surface area (Å²) in [5.41, 5.74) is -0.238. The van der Waals surface area contributed by atoms with Gasteiger partial charge in [0.25, 0.3) is 5.91 Å². The van der Waals surface area contributed by atoms with Gasteiger partial charge in [0.2, 0.25) is 0 Å². The van der Waals surface area contributed by atoms with Crippen molar-refractivity contribution < 1.29 is 23.5 Å². The Morgan fingerprint density at radius 1 is 1.17 bits per heavy atom. The molecule has 0 bridgehead atoms. The third-order valence-corrected chi connectivity index (χ3v) is 4.79. The molecule has 1 heterocycles. The number of para-hydroxylation sites is 1. The number of amides is 1. The number of esters is 1. The molecule has 7 nitrogen and oxygen atoms in total. The minimum atomic E-state index is -0.821. The van der Waals surface area contributed by atoms with Gasteiger partial charge in [-0.3, -0.25) is 9.59 Å². The lowest BCUT2D eigenvalue weighted by Crippen LogP contribution is -2.33. The number of halogens is 1. The van der Waals surface area contributed by atoms with Crippen LogP contribution in [0.2, 0.25) is 5.02 Å². The first-order chi connectivity index (χ1) is 14.4. The molecule has 0 aliphatic rings. The van der Waals surface area contributed by atoms with E-state index in [0.29, 0.717) is 21.7 Å². The number of ether oxygens (including phenoxy) is 2. The molecule has 0 aliphatic heterocycles. The van der Waals surface area contributed by atoms with Gasteiger partial charge < -0.3 is 19.2 Å². The average Bonchev–Trinajstić information content (AvgIpc) is 2.72. The van der Waals surface area contributed by atoms with Crippen LogP contribution >= 0.6 is 11.6 Å². The number of methoxy groups -OCH3 is 1. The second kappa shape index (κ2) is 9.45. The highest BCUT2D eigenvalue weighted by molar-refractivity contribution is 6.31. The molecular weight excluding hydrogens is 410 g/mol. The Morgan fingerprint density at radius 2 is 1.93 bits per heavy atom.